The van der Waals surface area contributed by atoms with E-state index in [0.717, 1.165) is 11.1 Å². The van der Waals surface area contributed by atoms with Crippen molar-refractivity contribution in [2.24, 2.45) is 5.92 Å². The SMILES string of the molecule is COCCN1C(=O)C(=O)/C(=C(\O)c2ccc(OCc3ccccc3)c(C)c2)C1c1ccc(OC)c(OCC(C)C)c1. The standard InChI is InChI=1S/C33H37NO7/c1-21(2)19-40-28-18-24(11-14-27(28)39-5)30-29(32(36)33(37)34(30)15-16-38-4)31(35)25-12-13-26(22(3)17-25)41-20-23-9-7-6-8-10-23/h6-14,17-18,21,30,35H,15-16,19-20H2,1-5H3/b31-29-. The maximum Gasteiger partial charge on any atom is 0.295 e. The van der Waals surface area contributed by atoms with Crippen molar-refractivity contribution < 1.29 is 33.6 Å². The van der Waals surface area contributed by atoms with E-state index < -0.39 is 17.7 Å². The molecule has 0 aliphatic carbocycles. The number of aliphatic hydroxyl groups excluding tert-OH is 1. The highest BCUT2D eigenvalue weighted by atomic mass is 16.5. The zero-order valence-corrected chi connectivity index (χ0v) is 24.2. The molecule has 216 valence electrons. The van der Waals surface area contributed by atoms with Crippen LogP contribution in [0.4, 0.5) is 0 Å². The van der Waals surface area contributed by atoms with Crippen LogP contribution < -0.4 is 14.2 Å². The van der Waals surface area contributed by atoms with Gasteiger partial charge in [-0.05, 0) is 59.9 Å². The molecule has 1 unspecified atom stereocenters. The maximum absolute atomic E-state index is 13.4. The second-order valence-corrected chi connectivity index (χ2v) is 10.4. The van der Waals surface area contributed by atoms with Crippen LogP contribution in [0.1, 0.15) is 42.1 Å². The summed E-state index contributed by atoms with van der Waals surface area (Å²) in [5, 5.41) is 11.5. The lowest BCUT2D eigenvalue weighted by molar-refractivity contribution is -0.140. The summed E-state index contributed by atoms with van der Waals surface area (Å²) in [5.74, 6) is 0.242. The minimum atomic E-state index is -0.841. The van der Waals surface area contributed by atoms with Crippen LogP contribution in [-0.4, -0.2) is 55.7 Å². The molecule has 0 bridgehead atoms. The van der Waals surface area contributed by atoms with Crippen molar-refractivity contribution in [3.8, 4) is 17.2 Å². The van der Waals surface area contributed by atoms with Crippen LogP contribution >= 0.6 is 0 Å². The Labute approximate surface area is 241 Å². The molecule has 0 aromatic heterocycles. The summed E-state index contributed by atoms with van der Waals surface area (Å²) in [6.07, 6.45) is 0. The van der Waals surface area contributed by atoms with Gasteiger partial charge < -0.3 is 29.0 Å². The van der Waals surface area contributed by atoms with Gasteiger partial charge >= 0.3 is 0 Å². The van der Waals surface area contributed by atoms with Crippen molar-refractivity contribution in [3.63, 3.8) is 0 Å². The van der Waals surface area contributed by atoms with Crippen molar-refractivity contribution in [3.05, 3.63) is 94.6 Å². The normalized spacial score (nSPS) is 16.3. The average Bonchev–Trinajstić information content (AvgIpc) is 3.23. The van der Waals surface area contributed by atoms with E-state index in [-0.39, 0.29) is 30.4 Å². The van der Waals surface area contributed by atoms with Crippen LogP contribution in [0.25, 0.3) is 5.76 Å². The molecule has 1 atom stereocenters. The number of hydrogen-bond donors (Lipinski definition) is 1. The quantitative estimate of drug-likeness (QED) is 0.173. The second-order valence-electron chi connectivity index (χ2n) is 10.4. The third-order valence-corrected chi connectivity index (χ3v) is 6.84. The molecule has 3 aromatic rings. The number of ketones is 1. The van der Waals surface area contributed by atoms with E-state index >= 15 is 0 Å². The van der Waals surface area contributed by atoms with E-state index in [1.165, 1.54) is 12.0 Å². The maximum atomic E-state index is 13.4. The number of methoxy groups -OCH3 is 2. The molecule has 0 saturated carbocycles. The van der Waals surface area contributed by atoms with Crippen LogP contribution in [0.15, 0.2) is 72.3 Å². The molecule has 0 spiro atoms. The number of carbonyl (C=O) groups is 2. The summed E-state index contributed by atoms with van der Waals surface area (Å²) >= 11 is 0. The molecule has 41 heavy (non-hydrogen) atoms. The summed E-state index contributed by atoms with van der Waals surface area (Å²) < 4.78 is 22.7. The molecule has 3 aromatic carbocycles. The fraction of sp³-hybridized carbons (Fsp3) is 0.333. The Kier molecular flexibility index (Phi) is 9.68. The van der Waals surface area contributed by atoms with Crippen LogP contribution in [0.3, 0.4) is 0 Å². The van der Waals surface area contributed by atoms with E-state index in [4.69, 9.17) is 18.9 Å². The highest BCUT2D eigenvalue weighted by molar-refractivity contribution is 6.46. The first-order chi connectivity index (χ1) is 19.7. The van der Waals surface area contributed by atoms with Crippen LogP contribution in [0.2, 0.25) is 0 Å². The monoisotopic (exact) mass is 559 g/mol. The number of likely N-dealkylation sites (tertiary alicyclic amines) is 1. The van der Waals surface area contributed by atoms with Gasteiger partial charge in [0.2, 0.25) is 0 Å². The molecule has 1 amide bonds. The highest BCUT2D eigenvalue weighted by Crippen LogP contribution is 2.42. The Bertz CT molecular complexity index is 1410. The second kappa shape index (κ2) is 13.4. The molecule has 1 aliphatic rings. The van der Waals surface area contributed by atoms with Crippen molar-refractivity contribution in [2.75, 3.05) is 34.0 Å². The Morgan fingerprint density at radius 2 is 1.66 bits per heavy atom. The highest BCUT2D eigenvalue weighted by Gasteiger charge is 2.46. The van der Waals surface area contributed by atoms with Gasteiger partial charge in [-0.2, -0.15) is 0 Å². The number of amides is 1. The third-order valence-electron chi connectivity index (χ3n) is 6.84. The van der Waals surface area contributed by atoms with Crippen molar-refractivity contribution >= 4 is 17.4 Å². The number of carbonyl (C=O) groups excluding carboxylic acids is 2. The van der Waals surface area contributed by atoms with Gasteiger partial charge in [-0.1, -0.05) is 50.2 Å². The molecule has 8 heteroatoms. The van der Waals surface area contributed by atoms with Gasteiger partial charge in [0.1, 0.15) is 18.1 Å². The molecule has 1 aliphatic heterocycles. The minimum absolute atomic E-state index is 0.00318. The van der Waals surface area contributed by atoms with E-state index in [1.54, 1.807) is 43.5 Å². The Hall–Kier alpha value is -4.30. The van der Waals surface area contributed by atoms with Gasteiger partial charge in [0.15, 0.2) is 11.5 Å². The van der Waals surface area contributed by atoms with E-state index in [0.29, 0.717) is 41.6 Å². The summed E-state index contributed by atoms with van der Waals surface area (Å²) in [4.78, 5) is 28.0. The molecule has 1 heterocycles. The predicted octanol–water partition coefficient (Wildman–Crippen LogP) is 5.69. The minimum Gasteiger partial charge on any atom is -0.507 e. The number of hydrogen-bond acceptors (Lipinski definition) is 7. The number of aliphatic hydroxyl groups is 1. The summed E-state index contributed by atoms with van der Waals surface area (Å²) in [5.41, 5.74) is 2.84. The fourth-order valence-electron chi connectivity index (χ4n) is 4.73. The van der Waals surface area contributed by atoms with Gasteiger partial charge in [0.25, 0.3) is 11.7 Å². The summed E-state index contributed by atoms with van der Waals surface area (Å²) in [6.45, 7) is 7.20. The lowest BCUT2D eigenvalue weighted by Gasteiger charge is -2.26. The number of nitrogens with zero attached hydrogens (tertiary/aromatic N) is 1. The average molecular weight is 560 g/mol. The fourth-order valence-corrected chi connectivity index (χ4v) is 4.73. The molecule has 4 rings (SSSR count). The zero-order valence-electron chi connectivity index (χ0n) is 24.2. The number of benzene rings is 3. The molecular formula is C33H37NO7. The number of ether oxygens (including phenoxy) is 4. The van der Waals surface area contributed by atoms with Gasteiger partial charge in [0.05, 0.1) is 31.9 Å². The van der Waals surface area contributed by atoms with E-state index in [2.05, 4.69) is 0 Å². The molecule has 1 fully saturated rings. The lowest BCUT2D eigenvalue weighted by Crippen LogP contribution is -2.32. The summed E-state index contributed by atoms with van der Waals surface area (Å²) in [7, 11) is 3.08. The van der Waals surface area contributed by atoms with Crippen LogP contribution in [0.5, 0.6) is 17.2 Å². The molecule has 1 N–H and O–H groups in total. The molecule has 1 saturated heterocycles. The lowest BCUT2D eigenvalue weighted by atomic mass is 9.94. The number of Topliss-reactive ketones (excluding diaryl/α,β-unsaturated/α-hetero) is 1. The topological polar surface area (TPSA) is 94.5 Å². The third kappa shape index (κ3) is 6.72. The van der Waals surface area contributed by atoms with Crippen LogP contribution in [0, 0.1) is 12.8 Å². The smallest absolute Gasteiger partial charge is 0.295 e. The molecule has 8 nitrogen and oxygen atoms in total. The summed E-state index contributed by atoms with van der Waals surface area (Å²) in [6, 6.07) is 19.4. The first-order valence-corrected chi connectivity index (χ1v) is 13.6. The Morgan fingerprint density at radius 1 is 0.927 bits per heavy atom. The zero-order chi connectivity index (χ0) is 29.5. The van der Waals surface area contributed by atoms with Gasteiger partial charge in [-0.15, -0.1) is 0 Å². The number of aryl methyl sites for hydroxylation is 1. The predicted molar refractivity (Wildman–Crippen MR) is 156 cm³/mol. The Morgan fingerprint density at radius 3 is 2.32 bits per heavy atom. The Balaban J connectivity index is 1.73. The molecule has 0 radical (unpaired) electrons. The van der Waals surface area contributed by atoms with Gasteiger partial charge in [-0.3, -0.25) is 9.59 Å². The van der Waals surface area contributed by atoms with Gasteiger partial charge in [-0.25, -0.2) is 0 Å². The van der Waals surface area contributed by atoms with Crippen molar-refractivity contribution in [1.82, 2.24) is 4.90 Å². The largest absolute Gasteiger partial charge is 0.507 e. The van der Waals surface area contributed by atoms with Crippen molar-refractivity contribution in [1.29, 1.82) is 0 Å². The first kappa shape index (κ1) is 29.7. The van der Waals surface area contributed by atoms with Crippen molar-refractivity contribution in [2.45, 2.75) is 33.4 Å². The van der Waals surface area contributed by atoms with Crippen LogP contribution in [-0.2, 0) is 20.9 Å². The van der Waals surface area contributed by atoms with E-state index in [9.17, 15) is 14.7 Å². The van der Waals surface area contributed by atoms with Gasteiger partial charge in [0, 0.05) is 19.2 Å². The number of rotatable bonds is 12. The first-order valence-electron chi connectivity index (χ1n) is 13.6. The molecular weight excluding hydrogens is 522 g/mol. The van der Waals surface area contributed by atoms with E-state index in [1.807, 2.05) is 51.1 Å².